The normalized spacial score (nSPS) is 15.9. The summed E-state index contributed by atoms with van der Waals surface area (Å²) >= 11 is 4.27. The summed E-state index contributed by atoms with van der Waals surface area (Å²) in [5, 5.41) is 1.75. The zero-order chi connectivity index (χ0) is 21.7. The SMILES string of the molecule is CCC(C)CCCCCCCCC(SC)C(CCCCCCCC(C)CC)SC. The Balaban J connectivity index is 3.72. The summed E-state index contributed by atoms with van der Waals surface area (Å²) in [4.78, 5) is 0. The van der Waals surface area contributed by atoms with E-state index >= 15 is 0 Å². The third-order valence-electron chi connectivity index (χ3n) is 7.04. The zero-order valence-electron chi connectivity index (χ0n) is 21.1. The van der Waals surface area contributed by atoms with Crippen LogP contribution < -0.4 is 0 Å². The number of thioether (sulfide) groups is 2. The van der Waals surface area contributed by atoms with Gasteiger partial charge in [0.25, 0.3) is 0 Å². The van der Waals surface area contributed by atoms with Crippen LogP contribution in [0.3, 0.4) is 0 Å². The molecular weight excluding hydrogens is 388 g/mol. The second kappa shape index (κ2) is 21.9. The standard InChI is InChI=1S/C27H56S2/c1-7-24(3)20-16-12-9-10-14-18-22-26(28-5)27(29-6)23-19-15-11-13-17-21-25(4)8-2/h24-27H,7-23H2,1-6H3. The quantitative estimate of drug-likeness (QED) is 0.152. The molecule has 0 bridgehead atoms. The minimum atomic E-state index is 0.876. The summed E-state index contributed by atoms with van der Waals surface area (Å²) in [6.07, 6.45) is 29.2. The van der Waals surface area contributed by atoms with Gasteiger partial charge in [-0.2, -0.15) is 23.5 Å². The van der Waals surface area contributed by atoms with Gasteiger partial charge >= 0.3 is 0 Å². The molecule has 4 unspecified atom stereocenters. The third kappa shape index (κ3) is 18.0. The van der Waals surface area contributed by atoms with E-state index in [4.69, 9.17) is 0 Å². The molecule has 0 aromatic heterocycles. The van der Waals surface area contributed by atoms with Crippen molar-refractivity contribution in [3.63, 3.8) is 0 Å². The van der Waals surface area contributed by atoms with Crippen LogP contribution in [0.1, 0.15) is 137 Å². The number of unbranched alkanes of at least 4 members (excludes halogenated alkanes) is 9. The van der Waals surface area contributed by atoms with Gasteiger partial charge in [0.05, 0.1) is 0 Å². The lowest BCUT2D eigenvalue weighted by Gasteiger charge is -2.24. The maximum Gasteiger partial charge on any atom is 0.0163 e. The molecule has 2 heteroatoms. The van der Waals surface area contributed by atoms with Crippen molar-refractivity contribution >= 4 is 23.5 Å². The smallest absolute Gasteiger partial charge is 0.0163 e. The highest BCUT2D eigenvalue weighted by Gasteiger charge is 2.19. The fourth-order valence-electron chi connectivity index (χ4n) is 4.23. The number of hydrogen-bond donors (Lipinski definition) is 0. The first-order valence-electron chi connectivity index (χ1n) is 13.1. The van der Waals surface area contributed by atoms with Crippen molar-refractivity contribution < 1.29 is 0 Å². The van der Waals surface area contributed by atoms with Gasteiger partial charge in [-0.15, -0.1) is 0 Å². The average Bonchev–Trinajstić information content (AvgIpc) is 2.74. The average molecular weight is 445 g/mol. The van der Waals surface area contributed by atoms with Gasteiger partial charge < -0.3 is 0 Å². The van der Waals surface area contributed by atoms with Crippen LogP contribution in [0.2, 0.25) is 0 Å². The first-order chi connectivity index (χ1) is 14.1. The van der Waals surface area contributed by atoms with E-state index in [1.54, 1.807) is 0 Å². The summed E-state index contributed by atoms with van der Waals surface area (Å²) in [5.74, 6) is 1.87. The predicted octanol–water partition coefficient (Wildman–Crippen LogP) is 10.4. The van der Waals surface area contributed by atoms with E-state index in [2.05, 4.69) is 63.7 Å². The highest BCUT2D eigenvalue weighted by molar-refractivity contribution is 8.03. The van der Waals surface area contributed by atoms with Gasteiger partial charge in [0.1, 0.15) is 0 Å². The third-order valence-corrected chi connectivity index (χ3v) is 9.55. The van der Waals surface area contributed by atoms with Gasteiger partial charge in [-0.3, -0.25) is 0 Å². The second-order valence-electron chi connectivity index (χ2n) is 9.62. The van der Waals surface area contributed by atoms with Crippen molar-refractivity contribution in [1.29, 1.82) is 0 Å². The monoisotopic (exact) mass is 444 g/mol. The number of hydrogen-bond acceptors (Lipinski definition) is 2. The van der Waals surface area contributed by atoms with E-state index in [9.17, 15) is 0 Å². The molecule has 29 heavy (non-hydrogen) atoms. The van der Waals surface area contributed by atoms with Crippen molar-refractivity contribution in [2.24, 2.45) is 11.8 Å². The van der Waals surface area contributed by atoms with E-state index in [1.807, 2.05) is 0 Å². The van der Waals surface area contributed by atoms with Crippen LogP contribution in [0.15, 0.2) is 0 Å². The van der Waals surface area contributed by atoms with E-state index in [0.29, 0.717) is 0 Å². The lowest BCUT2D eigenvalue weighted by Crippen LogP contribution is -2.19. The van der Waals surface area contributed by atoms with Crippen LogP contribution in [-0.4, -0.2) is 23.0 Å². The molecule has 0 N–H and O–H groups in total. The molecule has 0 saturated carbocycles. The largest absolute Gasteiger partial charge is 0.161 e. The molecule has 0 aliphatic carbocycles. The highest BCUT2D eigenvalue weighted by atomic mass is 32.2. The molecule has 0 heterocycles. The fourth-order valence-corrected chi connectivity index (χ4v) is 6.58. The molecule has 0 nitrogen and oxygen atoms in total. The van der Waals surface area contributed by atoms with E-state index in [-0.39, 0.29) is 0 Å². The first kappa shape index (κ1) is 29.7. The lowest BCUT2D eigenvalue weighted by molar-refractivity contribution is 0.467. The molecule has 0 aromatic rings. The molecular formula is C27H56S2. The molecule has 0 saturated heterocycles. The Morgan fingerprint density at radius 3 is 1.00 bits per heavy atom. The molecule has 0 radical (unpaired) electrons. The van der Waals surface area contributed by atoms with Crippen molar-refractivity contribution in [1.82, 2.24) is 0 Å². The Kier molecular flexibility index (Phi) is 22.4. The second-order valence-corrected chi connectivity index (χ2v) is 11.8. The van der Waals surface area contributed by atoms with Crippen LogP contribution in [0.4, 0.5) is 0 Å². The van der Waals surface area contributed by atoms with Crippen LogP contribution in [0.5, 0.6) is 0 Å². The maximum absolute atomic E-state index is 2.40. The molecule has 0 amide bonds. The Hall–Kier alpha value is 0.700. The van der Waals surface area contributed by atoms with Crippen molar-refractivity contribution in [2.75, 3.05) is 12.5 Å². The first-order valence-corrected chi connectivity index (χ1v) is 15.7. The minimum Gasteiger partial charge on any atom is -0.161 e. The fraction of sp³-hybridized carbons (Fsp3) is 1.00. The molecule has 0 fully saturated rings. The van der Waals surface area contributed by atoms with Crippen molar-refractivity contribution in [3.05, 3.63) is 0 Å². The zero-order valence-corrected chi connectivity index (χ0v) is 22.8. The molecule has 176 valence electrons. The summed E-state index contributed by atoms with van der Waals surface area (Å²) in [6, 6.07) is 0. The molecule has 0 aromatic carbocycles. The van der Waals surface area contributed by atoms with Crippen LogP contribution in [0.25, 0.3) is 0 Å². The van der Waals surface area contributed by atoms with Gasteiger partial charge in [0, 0.05) is 10.5 Å². The topological polar surface area (TPSA) is 0 Å². The van der Waals surface area contributed by atoms with Crippen molar-refractivity contribution in [3.8, 4) is 0 Å². The lowest BCUT2D eigenvalue weighted by atomic mass is 9.99. The summed E-state index contributed by atoms with van der Waals surface area (Å²) in [5.41, 5.74) is 0. The van der Waals surface area contributed by atoms with E-state index < -0.39 is 0 Å². The van der Waals surface area contributed by atoms with Crippen LogP contribution in [0, 0.1) is 11.8 Å². The maximum atomic E-state index is 2.40. The Morgan fingerprint density at radius 1 is 0.448 bits per heavy atom. The molecule has 4 atom stereocenters. The summed E-state index contributed by atoms with van der Waals surface area (Å²) in [6.45, 7) is 9.45. The van der Waals surface area contributed by atoms with Crippen molar-refractivity contribution in [2.45, 2.75) is 147 Å². The van der Waals surface area contributed by atoms with Gasteiger partial charge in [0.2, 0.25) is 0 Å². The van der Waals surface area contributed by atoms with Crippen LogP contribution >= 0.6 is 23.5 Å². The molecule has 0 rings (SSSR count). The van der Waals surface area contributed by atoms with E-state index in [0.717, 1.165) is 22.3 Å². The molecule has 0 aliphatic rings. The molecule has 0 spiro atoms. The minimum absolute atomic E-state index is 0.876. The van der Waals surface area contributed by atoms with E-state index in [1.165, 1.54) is 109 Å². The summed E-state index contributed by atoms with van der Waals surface area (Å²) < 4.78 is 0. The molecule has 0 aliphatic heterocycles. The Morgan fingerprint density at radius 2 is 0.724 bits per heavy atom. The predicted molar refractivity (Wildman–Crippen MR) is 143 cm³/mol. The Labute approximate surface area is 194 Å². The summed E-state index contributed by atoms with van der Waals surface area (Å²) in [7, 11) is 0. The van der Waals surface area contributed by atoms with Crippen LogP contribution in [-0.2, 0) is 0 Å². The van der Waals surface area contributed by atoms with Gasteiger partial charge in [0.15, 0.2) is 0 Å². The van der Waals surface area contributed by atoms with Gasteiger partial charge in [-0.1, -0.05) is 124 Å². The Bertz CT molecular complexity index is 318. The van der Waals surface area contributed by atoms with Gasteiger partial charge in [-0.05, 0) is 37.2 Å². The highest BCUT2D eigenvalue weighted by Crippen LogP contribution is 2.30. The number of rotatable bonds is 22. The van der Waals surface area contributed by atoms with Gasteiger partial charge in [-0.25, -0.2) is 0 Å².